The fourth-order valence-corrected chi connectivity index (χ4v) is 2.77. The van der Waals surface area contributed by atoms with E-state index >= 15 is 0 Å². The molecule has 0 radical (unpaired) electrons. The van der Waals surface area contributed by atoms with Gasteiger partial charge in [-0.05, 0) is 29.6 Å². The molecule has 0 bridgehead atoms. The van der Waals surface area contributed by atoms with Crippen molar-refractivity contribution < 1.29 is 4.79 Å². The van der Waals surface area contributed by atoms with Crippen molar-refractivity contribution in [2.75, 3.05) is 0 Å². The van der Waals surface area contributed by atoms with Crippen LogP contribution in [-0.4, -0.2) is 5.78 Å². The van der Waals surface area contributed by atoms with Gasteiger partial charge in [0.2, 0.25) is 0 Å². The highest BCUT2D eigenvalue weighted by molar-refractivity contribution is 5.81. The van der Waals surface area contributed by atoms with Gasteiger partial charge in [0.1, 0.15) is 5.78 Å². The van der Waals surface area contributed by atoms with Crippen molar-refractivity contribution in [2.45, 2.75) is 46.5 Å². The van der Waals surface area contributed by atoms with Crippen molar-refractivity contribution in [3.8, 4) is 0 Å². The number of ketones is 1. The highest BCUT2D eigenvalue weighted by Crippen LogP contribution is 2.66. The van der Waals surface area contributed by atoms with Gasteiger partial charge in [-0.3, -0.25) is 4.79 Å². The molecule has 68 valence electrons. The molecule has 1 heteroatoms. The normalized spacial score (nSPS) is 36.9. The molecular formula is C11H18O. The van der Waals surface area contributed by atoms with Gasteiger partial charge in [-0.1, -0.05) is 20.8 Å². The minimum Gasteiger partial charge on any atom is -0.300 e. The molecule has 12 heavy (non-hydrogen) atoms. The summed E-state index contributed by atoms with van der Waals surface area (Å²) in [6.45, 7) is 6.92. The molecule has 0 amide bonds. The van der Waals surface area contributed by atoms with Gasteiger partial charge in [-0.2, -0.15) is 0 Å². The molecule has 2 rings (SSSR count). The standard InChI is InChI=1S/C11H18O/c1-8-6-9(12)7-11(4-5-11)10(8,2)3/h8H,4-7H2,1-3H3. The number of carbonyl (C=O) groups excluding carboxylic acids is 1. The molecule has 0 saturated heterocycles. The number of carbonyl (C=O) groups is 1. The van der Waals surface area contributed by atoms with E-state index in [0.717, 1.165) is 12.8 Å². The van der Waals surface area contributed by atoms with Gasteiger partial charge in [0.15, 0.2) is 0 Å². The zero-order valence-electron chi connectivity index (χ0n) is 8.31. The van der Waals surface area contributed by atoms with E-state index in [9.17, 15) is 4.79 Å². The van der Waals surface area contributed by atoms with E-state index in [1.807, 2.05) is 0 Å². The third-order valence-corrected chi connectivity index (χ3v) is 4.52. The van der Waals surface area contributed by atoms with Crippen LogP contribution in [0.3, 0.4) is 0 Å². The Morgan fingerprint density at radius 2 is 1.92 bits per heavy atom. The molecule has 0 aliphatic heterocycles. The van der Waals surface area contributed by atoms with Crippen LogP contribution in [0.4, 0.5) is 0 Å². The van der Waals surface area contributed by atoms with Crippen molar-refractivity contribution in [3.63, 3.8) is 0 Å². The summed E-state index contributed by atoms with van der Waals surface area (Å²) in [5.74, 6) is 1.08. The molecule has 0 heterocycles. The molecule has 0 aromatic heterocycles. The van der Waals surface area contributed by atoms with Crippen LogP contribution in [0.2, 0.25) is 0 Å². The van der Waals surface area contributed by atoms with Crippen molar-refractivity contribution in [1.29, 1.82) is 0 Å². The molecule has 1 unspecified atom stereocenters. The minimum absolute atomic E-state index is 0.404. The molecule has 1 atom stereocenters. The largest absolute Gasteiger partial charge is 0.300 e. The van der Waals surface area contributed by atoms with Crippen LogP contribution in [0, 0.1) is 16.7 Å². The van der Waals surface area contributed by atoms with Crippen LogP contribution in [0.25, 0.3) is 0 Å². The summed E-state index contributed by atoms with van der Waals surface area (Å²) in [5.41, 5.74) is 0.822. The Morgan fingerprint density at radius 1 is 1.33 bits per heavy atom. The highest BCUT2D eigenvalue weighted by atomic mass is 16.1. The Labute approximate surface area is 74.5 Å². The predicted octanol–water partition coefficient (Wildman–Crippen LogP) is 2.79. The minimum atomic E-state index is 0.404. The Morgan fingerprint density at radius 3 is 2.42 bits per heavy atom. The van der Waals surface area contributed by atoms with Crippen LogP contribution in [-0.2, 0) is 4.79 Å². The Bertz CT molecular complexity index is 223. The first kappa shape index (κ1) is 8.28. The van der Waals surface area contributed by atoms with E-state index in [-0.39, 0.29) is 0 Å². The van der Waals surface area contributed by atoms with Gasteiger partial charge in [0.05, 0.1) is 0 Å². The van der Waals surface area contributed by atoms with E-state index in [4.69, 9.17) is 0 Å². The van der Waals surface area contributed by atoms with Crippen molar-refractivity contribution in [1.82, 2.24) is 0 Å². The van der Waals surface area contributed by atoms with E-state index in [1.54, 1.807) is 0 Å². The number of rotatable bonds is 0. The summed E-state index contributed by atoms with van der Waals surface area (Å²) in [4.78, 5) is 11.4. The fraction of sp³-hybridized carbons (Fsp3) is 0.909. The monoisotopic (exact) mass is 166 g/mol. The van der Waals surface area contributed by atoms with Crippen LogP contribution >= 0.6 is 0 Å². The lowest BCUT2D eigenvalue weighted by Crippen LogP contribution is -2.40. The lowest BCUT2D eigenvalue weighted by Gasteiger charge is -2.44. The van der Waals surface area contributed by atoms with Gasteiger partial charge in [0, 0.05) is 12.8 Å². The Kier molecular flexibility index (Phi) is 1.47. The predicted molar refractivity (Wildman–Crippen MR) is 48.9 cm³/mol. The summed E-state index contributed by atoms with van der Waals surface area (Å²) < 4.78 is 0. The zero-order valence-corrected chi connectivity index (χ0v) is 8.31. The van der Waals surface area contributed by atoms with Crippen LogP contribution < -0.4 is 0 Å². The van der Waals surface area contributed by atoms with Crippen LogP contribution in [0.1, 0.15) is 46.5 Å². The first-order valence-electron chi connectivity index (χ1n) is 5.00. The summed E-state index contributed by atoms with van der Waals surface area (Å²) in [5, 5.41) is 0. The van der Waals surface area contributed by atoms with E-state index < -0.39 is 0 Å². The maximum absolute atomic E-state index is 11.4. The molecule has 2 aliphatic carbocycles. The zero-order chi connectivity index (χ0) is 8.98. The molecular weight excluding hydrogens is 148 g/mol. The molecule has 2 fully saturated rings. The summed E-state index contributed by atoms with van der Waals surface area (Å²) in [7, 11) is 0. The van der Waals surface area contributed by atoms with Gasteiger partial charge in [0.25, 0.3) is 0 Å². The molecule has 2 aliphatic rings. The molecule has 1 nitrogen and oxygen atoms in total. The van der Waals surface area contributed by atoms with E-state index in [2.05, 4.69) is 20.8 Å². The van der Waals surface area contributed by atoms with Crippen molar-refractivity contribution in [3.05, 3.63) is 0 Å². The lowest BCUT2D eigenvalue weighted by molar-refractivity contribution is -0.128. The Hall–Kier alpha value is -0.330. The SMILES string of the molecule is CC1CC(=O)CC2(CC2)C1(C)C. The first-order chi connectivity index (χ1) is 5.48. The molecule has 0 N–H and O–H groups in total. The number of Topliss-reactive ketones (excluding diaryl/α,β-unsaturated/α-hetero) is 1. The Balaban J connectivity index is 2.27. The average Bonchev–Trinajstić information content (AvgIpc) is 2.66. The van der Waals surface area contributed by atoms with E-state index in [1.165, 1.54) is 12.8 Å². The summed E-state index contributed by atoms with van der Waals surface area (Å²) in [6.07, 6.45) is 4.26. The second kappa shape index (κ2) is 2.12. The molecule has 0 aromatic rings. The molecule has 2 saturated carbocycles. The number of hydrogen-bond donors (Lipinski definition) is 0. The lowest BCUT2D eigenvalue weighted by atomic mass is 9.60. The van der Waals surface area contributed by atoms with Gasteiger partial charge >= 0.3 is 0 Å². The van der Waals surface area contributed by atoms with E-state index in [0.29, 0.717) is 22.5 Å². The highest BCUT2D eigenvalue weighted by Gasteiger charge is 2.59. The second-order valence-corrected chi connectivity index (χ2v) is 5.32. The smallest absolute Gasteiger partial charge is 0.133 e. The fourth-order valence-electron chi connectivity index (χ4n) is 2.77. The van der Waals surface area contributed by atoms with Crippen molar-refractivity contribution in [2.24, 2.45) is 16.7 Å². The maximum atomic E-state index is 11.4. The van der Waals surface area contributed by atoms with Gasteiger partial charge in [-0.25, -0.2) is 0 Å². The quantitative estimate of drug-likeness (QED) is 0.541. The maximum Gasteiger partial charge on any atom is 0.133 e. The third-order valence-electron chi connectivity index (χ3n) is 4.52. The summed E-state index contributed by atoms with van der Waals surface area (Å²) in [6, 6.07) is 0. The van der Waals surface area contributed by atoms with Gasteiger partial charge in [-0.15, -0.1) is 0 Å². The van der Waals surface area contributed by atoms with Gasteiger partial charge < -0.3 is 0 Å². The van der Waals surface area contributed by atoms with Crippen LogP contribution in [0.5, 0.6) is 0 Å². The average molecular weight is 166 g/mol. The first-order valence-corrected chi connectivity index (χ1v) is 5.00. The topological polar surface area (TPSA) is 17.1 Å². The van der Waals surface area contributed by atoms with Crippen molar-refractivity contribution >= 4 is 5.78 Å². The summed E-state index contributed by atoms with van der Waals surface area (Å²) >= 11 is 0. The molecule has 0 aromatic carbocycles. The number of hydrogen-bond acceptors (Lipinski definition) is 1. The third kappa shape index (κ3) is 0.884. The second-order valence-electron chi connectivity index (χ2n) is 5.32. The van der Waals surface area contributed by atoms with Crippen LogP contribution in [0.15, 0.2) is 0 Å². The molecule has 1 spiro atoms.